The van der Waals surface area contributed by atoms with Crippen LogP contribution < -0.4 is 4.74 Å². The Morgan fingerprint density at radius 3 is 2.71 bits per heavy atom. The van der Waals surface area contributed by atoms with E-state index in [-0.39, 0.29) is 22.0 Å². The van der Waals surface area contributed by atoms with Gasteiger partial charge in [-0.3, -0.25) is 10.1 Å². The molecule has 0 saturated heterocycles. The second kappa shape index (κ2) is 4.26. The van der Waals surface area contributed by atoms with E-state index in [0.717, 1.165) is 0 Å². The standard InChI is InChI=1S/C8H8ClNO4/c1-14-7-3-2-6(9)8(10(12)13)5(7)4-11/h2-3,11H,4H2,1H3. The Morgan fingerprint density at radius 2 is 2.29 bits per heavy atom. The number of benzene rings is 1. The summed E-state index contributed by atoms with van der Waals surface area (Å²) >= 11 is 5.62. The summed E-state index contributed by atoms with van der Waals surface area (Å²) in [6, 6.07) is 2.83. The van der Waals surface area contributed by atoms with Crippen LogP contribution >= 0.6 is 11.6 Å². The number of hydrogen-bond acceptors (Lipinski definition) is 4. The third kappa shape index (κ3) is 1.78. The predicted octanol–water partition coefficient (Wildman–Crippen LogP) is 1.75. The number of aliphatic hydroxyl groups excluding tert-OH is 1. The summed E-state index contributed by atoms with van der Waals surface area (Å²) in [5.74, 6) is 0.253. The van der Waals surface area contributed by atoms with Crippen LogP contribution in [0.5, 0.6) is 5.75 Å². The van der Waals surface area contributed by atoms with Crippen LogP contribution in [-0.4, -0.2) is 17.1 Å². The molecular formula is C8H8ClNO4. The van der Waals surface area contributed by atoms with Crippen LogP contribution in [0.1, 0.15) is 5.56 Å². The number of nitrogens with zero attached hydrogens (tertiary/aromatic N) is 1. The van der Waals surface area contributed by atoms with Gasteiger partial charge in [-0.25, -0.2) is 0 Å². The largest absolute Gasteiger partial charge is 0.496 e. The van der Waals surface area contributed by atoms with Gasteiger partial charge in [0, 0.05) is 0 Å². The van der Waals surface area contributed by atoms with Crippen LogP contribution in [0.4, 0.5) is 5.69 Å². The van der Waals surface area contributed by atoms with Gasteiger partial charge in [-0.05, 0) is 12.1 Å². The Morgan fingerprint density at radius 1 is 1.64 bits per heavy atom. The van der Waals surface area contributed by atoms with Gasteiger partial charge in [0.25, 0.3) is 5.69 Å². The van der Waals surface area contributed by atoms with E-state index in [9.17, 15) is 10.1 Å². The molecule has 0 aliphatic rings. The van der Waals surface area contributed by atoms with Crippen molar-refractivity contribution in [2.45, 2.75) is 6.61 Å². The summed E-state index contributed by atoms with van der Waals surface area (Å²) in [7, 11) is 1.37. The highest BCUT2D eigenvalue weighted by molar-refractivity contribution is 6.32. The van der Waals surface area contributed by atoms with Crippen molar-refractivity contribution in [3.63, 3.8) is 0 Å². The van der Waals surface area contributed by atoms with Gasteiger partial charge in [0.1, 0.15) is 10.8 Å². The Balaban J connectivity index is 3.42. The fourth-order valence-corrected chi connectivity index (χ4v) is 1.38. The highest BCUT2D eigenvalue weighted by Crippen LogP contribution is 2.34. The average Bonchev–Trinajstić information content (AvgIpc) is 2.16. The van der Waals surface area contributed by atoms with Crippen molar-refractivity contribution in [3.8, 4) is 5.75 Å². The van der Waals surface area contributed by atoms with Crippen LogP contribution in [0.15, 0.2) is 12.1 Å². The van der Waals surface area contributed by atoms with Crippen LogP contribution in [0, 0.1) is 10.1 Å². The van der Waals surface area contributed by atoms with Crippen molar-refractivity contribution in [3.05, 3.63) is 32.8 Å². The molecule has 1 rings (SSSR count). The van der Waals surface area contributed by atoms with Crippen molar-refractivity contribution in [2.75, 3.05) is 7.11 Å². The summed E-state index contributed by atoms with van der Waals surface area (Å²) in [6.45, 7) is -0.486. The summed E-state index contributed by atoms with van der Waals surface area (Å²) < 4.78 is 4.86. The van der Waals surface area contributed by atoms with Gasteiger partial charge in [0.05, 0.1) is 24.2 Å². The van der Waals surface area contributed by atoms with Gasteiger partial charge in [0.15, 0.2) is 0 Å². The third-order valence-corrected chi connectivity index (χ3v) is 2.06. The first-order chi connectivity index (χ1) is 6.61. The van der Waals surface area contributed by atoms with Crippen LogP contribution in [0.3, 0.4) is 0 Å². The molecule has 76 valence electrons. The lowest BCUT2D eigenvalue weighted by Gasteiger charge is -2.07. The van der Waals surface area contributed by atoms with Gasteiger partial charge >= 0.3 is 0 Å². The first kappa shape index (κ1) is 10.7. The van der Waals surface area contributed by atoms with E-state index in [4.69, 9.17) is 21.4 Å². The molecule has 6 heteroatoms. The van der Waals surface area contributed by atoms with Crippen LogP contribution in [0.2, 0.25) is 5.02 Å². The molecule has 0 atom stereocenters. The van der Waals surface area contributed by atoms with E-state index in [0.29, 0.717) is 0 Å². The molecule has 0 amide bonds. The Labute approximate surface area is 85.0 Å². The molecule has 0 saturated carbocycles. The number of hydrogen-bond donors (Lipinski definition) is 1. The quantitative estimate of drug-likeness (QED) is 0.618. The molecule has 0 unspecified atom stereocenters. The molecule has 1 aromatic carbocycles. The smallest absolute Gasteiger partial charge is 0.297 e. The van der Waals surface area contributed by atoms with E-state index < -0.39 is 11.5 Å². The lowest BCUT2D eigenvalue weighted by molar-refractivity contribution is -0.385. The maximum atomic E-state index is 10.6. The molecule has 0 spiro atoms. The average molecular weight is 218 g/mol. The van der Waals surface area contributed by atoms with E-state index in [2.05, 4.69) is 0 Å². The molecule has 0 fully saturated rings. The van der Waals surface area contributed by atoms with E-state index in [1.165, 1.54) is 19.2 Å². The Kier molecular flexibility index (Phi) is 3.27. The molecule has 1 aromatic rings. The summed E-state index contributed by atoms with van der Waals surface area (Å²) in [5, 5.41) is 19.6. The number of methoxy groups -OCH3 is 1. The van der Waals surface area contributed by atoms with Gasteiger partial charge < -0.3 is 9.84 Å². The lowest BCUT2D eigenvalue weighted by atomic mass is 10.1. The molecule has 0 heterocycles. The Bertz CT molecular complexity index is 367. The minimum atomic E-state index is -0.642. The normalized spacial score (nSPS) is 9.93. The highest BCUT2D eigenvalue weighted by Gasteiger charge is 2.21. The topological polar surface area (TPSA) is 72.6 Å². The Hall–Kier alpha value is -1.33. The van der Waals surface area contributed by atoms with Crippen molar-refractivity contribution in [1.29, 1.82) is 0 Å². The highest BCUT2D eigenvalue weighted by atomic mass is 35.5. The predicted molar refractivity (Wildman–Crippen MR) is 50.6 cm³/mol. The molecule has 5 nitrogen and oxygen atoms in total. The van der Waals surface area contributed by atoms with E-state index in [1.807, 2.05) is 0 Å². The molecule has 0 aliphatic heterocycles. The maximum absolute atomic E-state index is 10.6. The molecule has 0 aromatic heterocycles. The van der Waals surface area contributed by atoms with E-state index >= 15 is 0 Å². The van der Waals surface area contributed by atoms with Crippen LogP contribution in [-0.2, 0) is 6.61 Å². The number of rotatable bonds is 3. The molecule has 0 radical (unpaired) electrons. The van der Waals surface area contributed by atoms with Crippen molar-refractivity contribution >= 4 is 17.3 Å². The first-order valence-electron chi connectivity index (χ1n) is 3.72. The minimum absolute atomic E-state index is 0.0140. The van der Waals surface area contributed by atoms with Gasteiger partial charge in [-0.15, -0.1) is 0 Å². The van der Waals surface area contributed by atoms with Crippen molar-refractivity contribution < 1.29 is 14.8 Å². The van der Waals surface area contributed by atoms with Crippen LogP contribution in [0.25, 0.3) is 0 Å². The second-order valence-corrected chi connectivity index (χ2v) is 2.90. The number of halogens is 1. The number of nitro benzene ring substituents is 1. The SMILES string of the molecule is COc1ccc(Cl)c([N+](=O)[O-])c1CO. The zero-order chi connectivity index (χ0) is 10.7. The van der Waals surface area contributed by atoms with Gasteiger partial charge in [0.2, 0.25) is 0 Å². The number of nitro groups is 1. The zero-order valence-electron chi connectivity index (χ0n) is 7.36. The molecule has 1 N–H and O–H groups in total. The van der Waals surface area contributed by atoms with Gasteiger partial charge in [-0.2, -0.15) is 0 Å². The maximum Gasteiger partial charge on any atom is 0.297 e. The second-order valence-electron chi connectivity index (χ2n) is 2.49. The van der Waals surface area contributed by atoms with Crippen molar-refractivity contribution in [2.24, 2.45) is 0 Å². The number of aliphatic hydroxyl groups is 1. The summed E-state index contributed by atoms with van der Waals surface area (Å²) in [5.41, 5.74) is -0.224. The molecular weight excluding hydrogens is 210 g/mol. The molecule has 0 aliphatic carbocycles. The third-order valence-electron chi connectivity index (χ3n) is 1.75. The lowest BCUT2D eigenvalue weighted by Crippen LogP contribution is -1.99. The van der Waals surface area contributed by atoms with Gasteiger partial charge in [-0.1, -0.05) is 11.6 Å². The summed E-state index contributed by atoms with van der Waals surface area (Å²) in [6.07, 6.45) is 0. The monoisotopic (exact) mass is 217 g/mol. The molecule has 14 heavy (non-hydrogen) atoms. The minimum Gasteiger partial charge on any atom is -0.496 e. The fraction of sp³-hybridized carbons (Fsp3) is 0.250. The fourth-order valence-electron chi connectivity index (χ4n) is 1.13. The number of ether oxygens (including phenoxy) is 1. The van der Waals surface area contributed by atoms with Crippen molar-refractivity contribution in [1.82, 2.24) is 0 Å². The summed E-state index contributed by atoms with van der Waals surface area (Å²) in [4.78, 5) is 9.98. The first-order valence-corrected chi connectivity index (χ1v) is 4.10. The zero-order valence-corrected chi connectivity index (χ0v) is 8.11. The van der Waals surface area contributed by atoms with E-state index in [1.54, 1.807) is 0 Å². The molecule has 0 bridgehead atoms.